The van der Waals surface area contributed by atoms with Gasteiger partial charge in [0.2, 0.25) is 5.56 Å². The molecule has 1 aliphatic carbocycles. The second-order valence-electron chi connectivity index (χ2n) is 5.76. The standard InChI is InChI=1S/C17H15ClFN3O3/c18-11-6-4-9(8-12(11)19)20-16(24)17(25)22-14-3-1-2-13-10(14)5-7-15(23)21-13/h4-8,14H,1-3H2,(H,20,24)(H,21,23)(H,22,25). The summed E-state index contributed by atoms with van der Waals surface area (Å²) < 4.78 is 13.4. The van der Waals surface area contributed by atoms with Crippen LogP contribution in [0.2, 0.25) is 5.02 Å². The number of amides is 2. The van der Waals surface area contributed by atoms with E-state index in [-0.39, 0.29) is 22.3 Å². The lowest BCUT2D eigenvalue weighted by molar-refractivity contribution is -0.136. The Kier molecular flexibility index (Phi) is 4.85. The fraction of sp³-hybridized carbons (Fsp3) is 0.235. The molecule has 0 radical (unpaired) electrons. The van der Waals surface area contributed by atoms with Crippen molar-refractivity contribution in [1.29, 1.82) is 0 Å². The van der Waals surface area contributed by atoms with E-state index >= 15 is 0 Å². The number of aryl methyl sites for hydroxylation is 1. The van der Waals surface area contributed by atoms with Gasteiger partial charge in [0, 0.05) is 17.4 Å². The van der Waals surface area contributed by atoms with Crippen LogP contribution in [-0.2, 0) is 16.0 Å². The fourth-order valence-corrected chi connectivity index (χ4v) is 2.95. The van der Waals surface area contributed by atoms with Crippen LogP contribution < -0.4 is 16.2 Å². The van der Waals surface area contributed by atoms with Gasteiger partial charge >= 0.3 is 11.8 Å². The number of hydrogen-bond acceptors (Lipinski definition) is 3. The molecular formula is C17H15ClFN3O3. The van der Waals surface area contributed by atoms with Crippen molar-refractivity contribution in [3.05, 3.63) is 62.8 Å². The predicted molar refractivity (Wildman–Crippen MR) is 90.9 cm³/mol. The lowest BCUT2D eigenvalue weighted by atomic mass is 9.91. The third-order valence-corrected chi connectivity index (χ3v) is 4.33. The molecule has 25 heavy (non-hydrogen) atoms. The first-order chi connectivity index (χ1) is 11.9. The highest BCUT2D eigenvalue weighted by molar-refractivity contribution is 6.39. The summed E-state index contributed by atoms with van der Waals surface area (Å²) in [4.78, 5) is 38.3. The van der Waals surface area contributed by atoms with E-state index in [1.165, 1.54) is 18.2 Å². The zero-order valence-corrected chi connectivity index (χ0v) is 13.8. The predicted octanol–water partition coefficient (Wildman–Crippen LogP) is 2.30. The molecule has 3 N–H and O–H groups in total. The van der Waals surface area contributed by atoms with Crippen LogP contribution in [0.1, 0.15) is 30.1 Å². The molecule has 1 heterocycles. The topological polar surface area (TPSA) is 91.1 Å². The molecule has 0 saturated carbocycles. The van der Waals surface area contributed by atoms with Crippen molar-refractivity contribution >= 4 is 29.1 Å². The summed E-state index contributed by atoms with van der Waals surface area (Å²) in [5, 5.41) is 4.90. The molecule has 0 saturated heterocycles. The number of carbonyl (C=O) groups is 2. The van der Waals surface area contributed by atoms with E-state index in [2.05, 4.69) is 15.6 Å². The van der Waals surface area contributed by atoms with Gasteiger partial charge in [-0.3, -0.25) is 14.4 Å². The summed E-state index contributed by atoms with van der Waals surface area (Å²) in [6.45, 7) is 0. The van der Waals surface area contributed by atoms with Gasteiger partial charge in [-0.25, -0.2) is 4.39 Å². The second kappa shape index (κ2) is 7.06. The first kappa shape index (κ1) is 17.2. The smallest absolute Gasteiger partial charge is 0.313 e. The number of halogens is 2. The average molecular weight is 364 g/mol. The van der Waals surface area contributed by atoms with E-state index in [1.807, 2.05) is 0 Å². The van der Waals surface area contributed by atoms with Gasteiger partial charge in [-0.1, -0.05) is 11.6 Å². The molecule has 0 spiro atoms. The molecule has 130 valence electrons. The second-order valence-corrected chi connectivity index (χ2v) is 6.16. The van der Waals surface area contributed by atoms with E-state index in [4.69, 9.17) is 11.6 Å². The summed E-state index contributed by atoms with van der Waals surface area (Å²) in [6.07, 6.45) is 2.16. The molecule has 1 unspecified atom stereocenters. The van der Waals surface area contributed by atoms with Crippen LogP contribution in [-0.4, -0.2) is 16.8 Å². The van der Waals surface area contributed by atoms with Crippen LogP contribution >= 0.6 is 11.6 Å². The molecule has 2 amide bonds. The number of nitrogens with one attached hydrogen (secondary N) is 3. The molecule has 0 bridgehead atoms. The van der Waals surface area contributed by atoms with E-state index in [9.17, 15) is 18.8 Å². The highest BCUT2D eigenvalue weighted by Gasteiger charge is 2.25. The Morgan fingerprint density at radius 1 is 1.20 bits per heavy atom. The summed E-state index contributed by atoms with van der Waals surface area (Å²) >= 11 is 5.58. The van der Waals surface area contributed by atoms with Crippen LogP contribution in [0.4, 0.5) is 10.1 Å². The van der Waals surface area contributed by atoms with Crippen molar-refractivity contribution in [2.24, 2.45) is 0 Å². The van der Waals surface area contributed by atoms with Gasteiger partial charge < -0.3 is 15.6 Å². The molecule has 8 heteroatoms. The molecule has 1 aromatic heterocycles. The van der Waals surface area contributed by atoms with E-state index in [0.29, 0.717) is 12.8 Å². The van der Waals surface area contributed by atoms with Gasteiger partial charge in [0.05, 0.1) is 11.1 Å². The molecule has 6 nitrogen and oxygen atoms in total. The zero-order chi connectivity index (χ0) is 18.0. The Morgan fingerprint density at radius 3 is 2.76 bits per heavy atom. The van der Waals surface area contributed by atoms with Crippen LogP contribution in [0, 0.1) is 5.82 Å². The Balaban J connectivity index is 1.69. The maximum Gasteiger partial charge on any atom is 0.313 e. The third kappa shape index (κ3) is 3.88. The number of rotatable bonds is 2. The lowest BCUT2D eigenvalue weighted by Gasteiger charge is -2.25. The highest BCUT2D eigenvalue weighted by atomic mass is 35.5. The number of aromatic amines is 1. The Hall–Kier alpha value is -2.67. The van der Waals surface area contributed by atoms with Crippen LogP contribution in [0.15, 0.2) is 35.1 Å². The third-order valence-electron chi connectivity index (χ3n) is 4.02. The number of benzene rings is 1. The monoisotopic (exact) mass is 363 g/mol. The number of carbonyl (C=O) groups excluding carboxylic acids is 2. The first-order valence-corrected chi connectivity index (χ1v) is 8.11. The fourth-order valence-electron chi connectivity index (χ4n) is 2.84. The summed E-state index contributed by atoms with van der Waals surface area (Å²) in [5.74, 6) is -2.43. The normalized spacial score (nSPS) is 16.0. The quantitative estimate of drug-likeness (QED) is 0.715. The van der Waals surface area contributed by atoms with Crippen molar-refractivity contribution in [3.8, 4) is 0 Å². The van der Waals surface area contributed by atoms with Gasteiger partial charge in [0.15, 0.2) is 0 Å². The van der Waals surface area contributed by atoms with E-state index in [0.717, 1.165) is 23.7 Å². The van der Waals surface area contributed by atoms with Crippen molar-refractivity contribution in [1.82, 2.24) is 10.3 Å². The Labute approximate surface area is 147 Å². The molecule has 0 fully saturated rings. The van der Waals surface area contributed by atoms with Crippen LogP contribution in [0.5, 0.6) is 0 Å². The average Bonchev–Trinajstić information content (AvgIpc) is 2.58. The van der Waals surface area contributed by atoms with Crippen molar-refractivity contribution < 1.29 is 14.0 Å². The van der Waals surface area contributed by atoms with Gasteiger partial charge in [-0.05, 0) is 49.1 Å². The Morgan fingerprint density at radius 2 is 2.00 bits per heavy atom. The lowest BCUT2D eigenvalue weighted by Crippen LogP contribution is -2.39. The number of hydrogen-bond donors (Lipinski definition) is 3. The maximum atomic E-state index is 13.4. The molecular weight excluding hydrogens is 349 g/mol. The summed E-state index contributed by atoms with van der Waals surface area (Å²) in [5.41, 5.74) is 1.50. The minimum Gasteiger partial charge on any atom is -0.341 e. The van der Waals surface area contributed by atoms with E-state index < -0.39 is 17.6 Å². The van der Waals surface area contributed by atoms with Gasteiger partial charge in [-0.2, -0.15) is 0 Å². The van der Waals surface area contributed by atoms with Crippen molar-refractivity contribution in [2.45, 2.75) is 25.3 Å². The summed E-state index contributed by atoms with van der Waals surface area (Å²) in [7, 11) is 0. The van der Waals surface area contributed by atoms with Crippen LogP contribution in [0.3, 0.4) is 0 Å². The maximum absolute atomic E-state index is 13.4. The molecule has 0 aliphatic heterocycles. The SMILES string of the molecule is O=C(Nc1ccc(Cl)c(F)c1)C(=O)NC1CCCc2[nH]c(=O)ccc21. The number of aromatic nitrogens is 1. The summed E-state index contributed by atoms with van der Waals surface area (Å²) in [6, 6.07) is 6.41. The largest absolute Gasteiger partial charge is 0.341 e. The number of anilines is 1. The van der Waals surface area contributed by atoms with Gasteiger partial charge in [-0.15, -0.1) is 0 Å². The molecule has 3 rings (SSSR count). The zero-order valence-electron chi connectivity index (χ0n) is 13.1. The number of fused-ring (bicyclic) bond motifs is 1. The molecule has 1 aromatic carbocycles. The number of H-pyrrole nitrogens is 1. The molecule has 2 aromatic rings. The highest BCUT2D eigenvalue weighted by Crippen LogP contribution is 2.27. The van der Waals surface area contributed by atoms with Gasteiger partial charge in [0.1, 0.15) is 5.82 Å². The van der Waals surface area contributed by atoms with Crippen molar-refractivity contribution in [3.63, 3.8) is 0 Å². The first-order valence-electron chi connectivity index (χ1n) is 7.73. The van der Waals surface area contributed by atoms with E-state index in [1.54, 1.807) is 6.07 Å². The minimum atomic E-state index is -0.904. The minimum absolute atomic E-state index is 0.0738. The van der Waals surface area contributed by atoms with Crippen LogP contribution in [0.25, 0.3) is 0 Å². The Bertz CT molecular complexity index is 897. The van der Waals surface area contributed by atoms with Gasteiger partial charge in [0.25, 0.3) is 0 Å². The number of pyridine rings is 1. The van der Waals surface area contributed by atoms with Crippen molar-refractivity contribution in [2.75, 3.05) is 5.32 Å². The molecule has 1 atom stereocenters. The molecule has 1 aliphatic rings.